The van der Waals surface area contributed by atoms with Gasteiger partial charge >= 0.3 is 0 Å². The average molecular weight is 355 g/mol. The molecular formula is C14H15BrN2O2S. The minimum atomic E-state index is -3.51. The molecule has 1 atom stereocenters. The van der Waals surface area contributed by atoms with Crippen molar-refractivity contribution in [2.75, 3.05) is 6.54 Å². The number of benzene rings is 1. The van der Waals surface area contributed by atoms with Crippen molar-refractivity contribution in [2.45, 2.75) is 22.6 Å². The van der Waals surface area contributed by atoms with E-state index in [2.05, 4.69) is 25.6 Å². The van der Waals surface area contributed by atoms with Crippen LogP contribution in [0, 0.1) is 5.92 Å². The Bertz CT molecular complexity index is 724. The van der Waals surface area contributed by atoms with Crippen LogP contribution < -0.4 is 4.72 Å². The molecule has 106 valence electrons. The molecule has 0 saturated heterocycles. The molecule has 1 aromatic carbocycles. The molecule has 4 nitrogen and oxygen atoms in total. The summed E-state index contributed by atoms with van der Waals surface area (Å²) in [4.78, 5) is 4.69. The number of halogens is 1. The molecule has 1 aliphatic carbocycles. The SMILES string of the molecule is O=S(=O)(NCC(Br)C1CC1)c1cccc2ncccc12. The van der Waals surface area contributed by atoms with Crippen molar-refractivity contribution in [3.63, 3.8) is 0 Å². The first kappa shape index (κ1) is 14.0. The Morgan fingerprint density at radius 2 is 2.10 bits per heavy atom. The van der Waals surface area contributed by atoms with E-state index >= 15 is 0 Å². The highest BCUT2D eigenvalue weighted by Gasteiger charge is 2.30. The van der Waals surface area contributed by atoms with Gasteiger partial charge in [0.15, 0.2) is 0 Å². The Kier molecular flexibility index (Phi) is 3.79. The Hall–Kier alpha value is -0.980. The lowest BCUT2D eigenvalue weighted by molar-refractivity contribution is 0.578. The summed E-state index contributed by atoms with van der Waals surface area (Å²) in [6.07, 6.45) is 4.01. The number of pyridine rings is 1. The van der Waals surface area contributed by atoms with Gasteiger partial charge in [0.05, 0.1) is 10.4 Å². The summed E-state index contributed by atoms with van der Waals surface area (Å²) in [6.45, 7) is 0.420. The number of hydrogen-bond donors (Lipinski definition) is 1. The lowest BCUT2D eigenvalue weighted by Crippen LogP contribution is -2.30. The van der Waals surface area contributed by atoms with Gasteiger partial charge in [-0.15, -0.1) is 0 Å². The molecular weight excluding hydrogens is 340 g/mol. The fraction of sp³-hybridized carbons (Fsp3) is 0.357. The second-order valence-corrected chi connectivity index (χ2v) is 7.94. The highest BCUT2D eigenvalue weighted by molar-refractivity contribution is 9.09. The number of hydrogen-bond acceptors (Lipinski definition) is 3. The molecule has 1 fully saturated rings. The second-order valence-electron chi connectivity index (χ2n) is 5.03. The predicted molar refractivity (Wildman–Crippen MR) is 82.4 cm³/mol. The molecule has 20 heavy (non-hydrogen) atoms. The number of sulfonamides is 1. The summed E-state index contributed by atoms with van der Waals surface area (Å²) in [5.41, 5.74) is 0.688. The zero-order valence-corrected chi connectivity index (χ0v) is 13.2. The van der Waals surface area contributed by atoms with Gasteiger partial charge in [0.2, 0.25) is 10.0 Å². The van der Waals surface area contributed by atoms with Crippen LogP contribution in [-0.2, 0) is 10.0 Å². The smallest absolute Gasteiger partial charge is 0.241 e. The molecule has 1 heterocycles. The molecule has 6 heteroatoms. The van der Waals surface area contributed by atoms with E-state index in [0.29, 0.717) is 28.3 Å². The number of alkyl halides is 1. The highest BCUT2D eigenvalue weighted by atomic mass is 79.9. The zero-order valence-electron chi connectivity index (χ0n) is 10.8. The van der Waals surface area contributed by atoms with Crippen LogP contribution in [-0.4, -0.2) is 24.8 Å². The van der Waals surface area contributed by atoms with E-state index in [-0.39, 0.29) is 4.83 Å². The van der Waals surface area contributed by atoms with Gasteiger partial charge in [0.25, 0.3) is 0 Å². The van der Waals surface area contributed by atoms with Crippen LogP contribution in [0.15, 0.2) is 41.4 Å². The third-order valence-corrected chi connectivity index (χ3v) is 6.05. The molecule has 1 N–H and O–H groups in total. The van der Waals surface area contributed by atoms with Crippen molar-refractivity contribution in [1.82, 2.24) is 9.71 Å². The van der Waals surface area contributed by atoms with E-state index in [0.717, 1.165) is 0 Å². The quantitative estimate of drug-likeness (QED) is 0.839. The monoisotopic (exact) mass is 354 g/mol. The Labute approximate surface area is 126 Å². The maximum Gasteiger partial charge on any atom is 0.241 e. The molecule has 0 radical (unpaired) electrons. The normalized spacial score (nSPS) is 17.2. The minimum Gasteiger partial charge on any atom is -0.256 e. The summed E-state index contributed by atoms with van der Waals surface area (Å²) in [5.74, 6) is 0.604. The van der Waals surface area contributed by atoms with E-state index in [4.69, 9.17) is 0 Å². The Morgan fingerprint density at radius 3 is 2.85 bits per heavy atom. The molecule has 0 amide bonds. The van der Waals surface area contributed by atoms with Crippen molar-refractivity contribution in [1.29, 1.82) is 0 Å². The number of nitrogens with one attached hydrogen (secondary N) is 1. The van der Waals surface area contributed by atoms with Crippen molar-refractivity contribution >= 4 is 36.9 Å². The molecule has 2 aromatic rings. The molecule has 1 aliphatic rings. The fourth-order valence-electron chi connectivity index (χ4n) is 2.20. The van der Waals surface area contributed by atoms with Crippen LogP contribution in [0.4, 0.5) is 0 Å². The van der Waals surface area contributed by atoms with Gasteiger partial charge in [-0.3, -0.25) is 4.98 Å². The van der Waals surface area contributed by atoms with Gasteiger partial charge in [0, 0.05) is 23.0 Å². The zero-order chi connectivity index (χ0) is 14.2. The van der Waals surface area contributed by atoms with Crippen LogP contribution in [0.2, 0.25) is 0 Å². The Balaban J connectivity index is 1.88. The molecule has 1 saturated carbocycles. The van der Waals surface area contributed by atoms with Gasteiger partial charge < -0.3 is 0 Å². The summed E-state index contributed by atoms with van der Waals surface area (Å²) < 4.78 is 27.6. The van der Waals surface area contributed by atoms with Crippen LogP contribution in [0.5, 0.6) is 0 Å². The average Bonchev–Trinajstić information content (AvgIpc) is 3.29. The maximum absolute atomic E-state index is 12.4. The molecule has 0 bridgehead atoms. The van der Waals surface area contributed by atoms with Crippen molar-refractivity contribution in [3.8, 4) is 0 Å². The van der Waals surface area contributed by atoms with Crippen molar-refractivity contribution in [2.24, 2.45) is 5.92 Å². The largest absolute Gasteiger partial charge is 0.256 e. The highest BCUT2D eigenvalue weighted by Crippen LogP contribution is 2.36. The van der Waals surface area contributed by atoms with Gasteiger partial charge in [0.1, 0.15) is 0 Å². The van der Waals surface area contributed by atoms with Gasteiger partial charge in [-0.05, 0) is 43.0 Å². The first-order chi connectivity index (χ1) is 9.58. The lowest BCUT2D eigenvalue weighted by Gasteiger charge is -2.12. The third kappa shape index (κ3) is 2.87. The predicted octanol–water partition coefficient (Wildman–Crippen LogP) is 2.69. The summed E-state index contributed by atoms with van der Waals surface area (Å²) in [5, 5.41) is 0.653. The van der Waals surface area contributed by atoms with Crippen molar-refractivity contribution in [3.05, 3.63) is 36.5 Å². The maximum atomic E-state index is 12.4. The third-order valence-electron chi connectivity index (χ3n) is 3.50. The first-order valence-corrected chi connectivity index (χ1v) is 8.95. The molecule has 0 spiro atoms. The fourth-order valence-corrected chi connectivity index (χ4v) is 4.38. The van der Waals surface area contributed by atoms with Crippen LogP contribution in [0.1, 0.15) is 12.8 Å². The molecule has 3 rings (SSSR count). The molecule has 1 aromatic heterocycles. The molecule has 0 aliphatic heterocycles. The standard InChI is InChI=1S/C14H15BrN2O2S/c15-12(10-6-7-10)9-17-20(18,19)14-5-1-4-13-11(14)3-2-8-16-13/h1-5,8,10,12,17H,6-7,9H2. The van der Waals surface area contributed by atoms with E-state index in [9.17, 15) is 8.42 Å². The topological polar surface area (TPSA) is 59.1 Å². The number of aromatic nitrogens is 1. The number of nitrogens with zero attached hydrogens (tertiary/aromatic N) is 1. The first-order valence-electron chi connectivity index (χ1n) is 6.55. The molecule has 1 unspecified atom stereocenters. The van der Waals surface area contributed by atoms with Gasteiger partial charge in [-0.1, -0.05) is 22.0 Å². The lowest BCUT2D eigenvalue weighted by atomic mass is 10.2. The summed E-state index contributed by atoms with van der Waals surface area (Å²) in [7, 11) is -3.51. The minimum absolute atomic E-state index is 0.213. The van der Waals surface area contributed by atoms with Crippen LogP contribution >= 0.6 is 15.9 Å². The number of fused-ring (bicyclic) bond motifs is 1. The van der Waals surface area contributed by atoms with Crippen LogP contribution in [0.25, 0.3) is 10.9 Å². The van der Waals surface area contributed by atoms with Gasteiger partial charge in [-0.2, -0.15) is 0 Å². The van der Waals surface area contributed by atoms with Crippen LogP contribution in [0.3, 0.4) is 0 Å². The summed E-state index contributed by atoms with van der Waals surface area (Å²) in [6, 6.07) is 8.68. The Morgan fingerprint density at radius 1 is 1.30 bits per heavy atom. The van der Waals surface area contributed by atoms with E-state index in [1.807, 2.05) is 6.07 Å². The second kappa shape index (κ2) is 5.42. The van der Waals surface area contributed by atoms with E-state index < -0.39 is 10.0 Å². The van der Waals surface area contributed by atoms with E-state index in [1.54, 1.807) is 30.5 Å². The van der Waals surface area contributed by atoms with E-state index in [1.165, 1.54) is 12.8 Å². The van der Waals surface area contributed by atoms with Gasteiger partial charge in [-0.25, -0.2) is 13.1 Å². The summed E-state index contributed by atoms with van der Waals surface area (Å²) >= 11 is 3.54. The number of rotatable bonds is 5. The van der Waals surface area contributed by atoms with Crippen molar-refractivity contribution < 1.29 is 8.42 Å².